The molecule has 0 bridgehead atoms. The minimum Gasteiger partial charge on any atom is -0.445 e. The van der Waals surface area contributed by atoms with Gasteiger partial charge in [0.25, 0.3) is 0 Å². The second-order valence-corrected chi connectivity index (χ2v) is 5.79. The van der Waals surface area contributed by atoms with Gasteiger partial charge in [0.2, 0.25) is 0 Å². The molecule has 5 rings (SSSR count). The van der Waals surface area contributed by atoms with Crippen LogP contribution in [0.2, 0.25) is 0 Å². The van der Waals surface area contributed by atoms with Gasteiger partial charge in [-0.25, -0.2) is 0 Å². The summed E-state index contributed by atoms with van der Waals surface area (Å²) in [4.78, 5) is 0.915. The maximum absolute atomic E-state index is 5.92. The lowest BCUT2D eigenvalue weighted by molar-refractivity contribution is 0.643. The summed E-state index contributed by atoms with van der Waals surface area (Å²) in [5.74, 6) is 0. The van der Waals surface area contributed by atoms with Gasteiger partial charge in [0.15, 0.2) is 4.90 Å². The molecule has 0 fully saturated rings. The highest BCUT2D eigenvalue weighted by Crippen LogP contribution is 2.43. The van der Waals surface area contributed by atoms with E-state index in [1.807, 2.05) is 36.4 Å². The van der Waals surface area contributed by atoms with Crippen LogP contribution < -0.4 is 0 Å². The molecular formula is C17H9O2S+. The van der Waals surface area contributed by atoms with E-state index < -0.39 is 0 Å². The summed E-state index contributed by atoms with van der Waals surface area (Å²) >= 11 is 1.57. The van der Waals surface area contributed by atoms with Gasteiger partial charge >= 0.3 is 10.7 Å². The molecule has 3 aromatic rings. The van der Waals surface area contributed by atoms with E-state index >= 15 is 0 Å². The molecule has 2 nitrogen and oxygen atoms in total. The smallest absolute Gasteiger partial charge is 0.421 e. The molecule has 2 aliphatic heterocycles. The van der Waals surface area contributed by atoms with Crippen molar-refractivity contribution < 1.29 is 8.83 Å². The first-order valence-corrected chi connectivity index (χ1v) is 7.27. The van der Waals surface area contributed by atoms with Crippen LogP contribution in [0.25, 0.3) is 42.9 Å². The minimum absolute atomic E-state index is 0.915. The van der Waals surface area contributed by atoms with Crippen LogP contribution >= 0.6 is 11.3 Å². The van der Waals surface area contributed by atoms with Crippen LogP contribution in [0.5, 0.6) is 0 Å². The Morgan fingerprint density at radius 2 is 1.65 bits per heavy atom. The van der Waals surface area contributed by atoms with Crippen molar-refractivity contribution >= 4 is 43.6 Å². The molecule has 1 aromatic heterocycles. The molecular weight excluding hydrogens is 268 g/mol. The summed E-state index contributed by atoms with van der Waals surface area (Å²) in [6.07, 6.45) is 0. The van der Waals surface area contributed by atoms with E-state index in [-0.39, 0.29) is 0 Å². The largest absolute Gasteiger partial charge is 0.445 e. The Kier molecular flexibility index (Phi) is 1.86. The first kappa shape index (κ1) is 10.4. The van der Waals surface area contributed by atoms with Gasteiger partial charge in [0.05, 0.1) is 5.39 Å². The average Bonchev–Trinajstić information content (AvgIpc) is 3.02. The van der Waals surface area contributed by atoms with E-state index in [1.165, 1.54) is 0 Å². The monoisotopic (exact) mass is 277 g/mol. The molecule has 0 radical (unpaired) electrons. The zero-order valence-corrected chi connectivity index (χ0v) is 11.2. The van der Waals surface area contributed by atoms with E-state index in [0.29, 0.717) is 0 Å². The molecule has 2 aromatic carbocycles. The Morgan fingerprint density at radius 1 is 0.850 bits per heavy atom. The third-order valence-electron chi connectivity index (χ3n) is 3.67. The van der Waals surface area contributed by atoms with Crippen LogP contribution in [0.1, 0.15) is 0 Å². The third kappa shape index (κ3) is 1.25. The van der Waals surface area contributed by atoms with E-state index in [4.69, 9.17) is 8.83 Å². The summed E-state index contributed by atoms with van der Waals surface area (Å²) in [5.41, 5.74) is 3.01. The van der Waals surface area contributed by atoms with Crippen LogP contribution in [-0.2, 0) is 0 Å². The lowest BCUT2D eigenvalue weighted by Crippen LogP contribution is -1.71. The van der Waals surface area contributed by atoms with Gasteiger partial charge in [-0.1, -0.05) is 30.3 Å². The number of para-hydroxylation sites is 2. The zero-order valence-electron chi connectivity index (χ0n) is 10.4. The average molecular weight is 277 g/mol. The van der Waals surface area contributed by atoms with Gasteiger partial charge in [-0.2, -0.15) is 4.42 Å². The topological polar surface area (TPSA) is 24.4 Å². The van der Waals surface area contributed by atoms with E-state index in [0.717, 1.165) is 42.9 Å². The predicted octanol–water partition coefficient (Wildman–Crippen LogP) is 5.78. The van der Waals surface area contributed by atoms with Crippen molar-refractivity contribution in [3.05, 3.63) is 54.6 Å². The van der Waals surface area contributed by atoms with Crippen molar-refractivity contribution in [2.24, 2.45) is 0 Å². The van der Waals surface area contributed by atoms with Gasteiger partial charge in [-0.15, -0.1) is 0 Å². The summed E-state index contributed by atoms with van der Waals surface area (Å²) in [6, 6.07) is 18.5. The van der Waals surface area contributed by atoms with Gasteiger partial charge in [-0.05, 0) is 18.2 Å². The van der Waals surface area contributed by atoms with Gasteiger partial charge in [-0.3, -0.25) is 0 Å². The highest BCUT2D eigenvalue weighted by molar-refractivity contribution is 7.20. The molecule has 0 saturated heterocycles. The summed E-state index contributed by atoms with van der Waals surface area (Å²) in [5, 5.41) is 4.39. The molecule has 0 amide bonds. The second kappa shape index (κ2) is 3.58. The van der Waals surface area contributed by atoms with E-state index in [2.05, 4.69) is 18.2 Å². The molecule has 0 aliphatic carbocycles. The number of furan rings is 2. The first-order valence-electron chi connectivity index (χ1n) is 6.46. The Hall–Kier alpha value is -2.39. The number of rotatable bonds is 0. The summed E-state index contributed by atoms with van der Waals surface area (Å²) in [7, 11) is 0. The van der Waals surface area contributed by atoms with Crippen molar-refractivity contribution in [1.82, 2.24) is 0 Å². The molecule has 94 valence electrons. The molecule has 0 atom stereocenters. The molecule has 0 N–H and O–H groups in total. The van der Waals surface area contributed by atoms with Crippen LogP contribution in [0.3, 0.4) is 0 Å². The quantitative estimate of drug-likeness (QED) is 0.335. The van der Waals surface area contributed by atoms with Crippen molar-refractivity contribution in [2.45, 2.75) is 0 Å². The zero-order chi connectivity index (χ0) is 13.1. The van der Waals surface area contributed by atoms with Gasteiger partial charge in [0.1, 0.15) is 11.1 Å². The maximum Gasteiger partial charge on any atom is 0.421 e. The van der Waals surface area contributed by atoms with Crippen LogP contribution in [-0.4, -0.2) is 0 Å². The van der Waals surface area contributed by atoms with Gasteiger partial charge in [0, 0.05) is 28.2 Å². The Balaban J connectivity index is 2.04. The van der Waals surface area contributed by atoms with Crippen molar-refractivity contribution in [3.8, 4) is 10.6 Å². The maximum atomic E-state index is 5.92. The van der Waals surface area contributed by atoms with E-state index in [1.54, 1.807) is 11.3 Å². The predicted molar refractivity (Wildman–Crippen MR) is 82.4 cm³/mol. The summed E-state index contributed by atoms with van der Waals surface area (Å²) in [6.45, 7) is 0. The number of fused-ring (bicyclic) bond motifs is 6. The lowest BCUT2D eigenvalue weighted by atomic mass is 10.1. The fraction of sp³-hybridized carbons (Fsp3) is 0. The van der Waals surface area contributed by atoms with Gasteiger partial charge < -0.3 is 4.42 Å². The summed E-state index contributed by atoms with van der Waals surface area (Å²) < 4.78 is 11.8. The van der Waals surface area contributed by atoms with Crippen LogP contribution in [0.4, 0.5) is 0 Å². The number of hydrogen-bond acceptors (Lipinski definition) is 2. The number of benzene rings is 2. The second-order valence-electron chi connectivity index (χ2n) is 4.85. The Labute approximate surface area is 118 Å². The number of hydrogen-bond donors (Lipinski definition) is 0. The van der Waals surface area contributed by atoms with Crippen molar-refractivity contribution in [2.75, 3.05) is 0 Å². The van der Waals surface area contributed by atoms with E-state index in [9.17, 15) is 0 Å². The Morgan fingerprint density at radius 3 is 2.60 bits per heavy atom. The normalized spacial score (nSPS) is 12.0. The third-order valence-corrected chi connectivity index (χ3v) is 4.65. The SMILES string of the molecule is c1ccc2c(c1)oc1sc3[o+]c4ccccc4c-3cc12. The molecule has 0 saturated carbocycles. The molecule has 2 aliphatic rings. The van der Waals surface area contributed by atoms with Crippen LogP contribution in [0, 0.1) is 0 Å². The standard InChI is InChI=1S/C17H9O2S/c1-3-7-14-10(5-1)12-9-13-11-6-2-4-8-15(11)19-17(13)20-16(12)18-14/h1-9H/q+1. The highest BCUT2D eigenvalue weighted by atomic mass is 32.1. The first-order chi connectivity index (χ1) is 9.90. The lowest BCUT2D eigenvalue weighted by Gasteiger charge is -1.89. The minimum atomic E-state index is 0.915. The molecule has 20 heavy (non-hydrogen) atoms. The van der Waals surface area contributed by atoms with Crippen molar-refractivity contribution in [3.63, 3.8) is 0 Å². The molecule has 0 spiro atoms. The highest BCUT2D eigenvalue weighted by Gasteiger charge is 2.27. The fourth-order valence-electron chi connectivity index (χ4n) is 2.74. The van der Waals surface area contributed by atoms with Crippen LogP contribution in [0.15, 0.2) is 63.4 Å². The Bertz CT molecular complexity index is 1050. The fourth-order valence-corrected chi connectivity index (χ4v) is 3.73. The van der Waals surface area contributed by atoms with Crippen molar-refractivity contribution in [1.29, 1.82) is 0 Å². The molecule has 3 heteroatoms. The molecule has 3 heterocycles. The molecule has 0 unspecified atom stereocenters.